The van der Waals surface area contributed by atoms with Crippen molar-refractivity contribution in [2.75, 3.05) is 5.75 Å². The molecule has 0 saturated heterocycles. The molecule has 2 heterocycles. The quantitative estimate of drug-likeness (QED) is 0.695. The molecule has 2 aromatic rings. The normalized spacial score (nSPS) is 11.8. The second-order valence-corrected chi connectivity index (χ2v) is 7.97. The Hall–Kier alpha value is -1.14. The average Bonchev–Trinajstić information content (AvgIpc) is 2.67. The van der Waals surface area contributed by atoms with Crippen molar-refractivity contribution in [2.24, 2.45) is 0 Å². The van der Waals surface area contributed by atoms with Crippen LogP contribution in [-0.2, 0) is 4.79 Å². The molecule has 20 heavy (non-hydrogen) atoms. The van der Waals surface area contributed by atoms with Crippen LogP contribution in [0.25, 0.3) is 10.2 Å². The summed E-state index contributed by atoms with van der Waals surface area (Å²) in [4.78, 5) is 22.6. The van der Waals surface area contributed by atoms with Gasteiger partial charge < -0.3 is 5.32 Å². The fourth-order valence-corrected chi connectivity index (χ4v) is 3.62. The number of amides is 1. The van der Waals surface area contributed by atoms with E-state index in [0.717, 1.165) is 21.0 Å². The number of aromatic nitrogens is 2. The number of hydrogen-bond donors (Lipinski definition) is 1. The highest BCUT2D eigenvalue weighted by Crippen LogP contribution is 2.30. The van der Waals surface area contributed by atoms with Gasteiger partial charge in [-0.05, 0) is 33.8 Å². The number of thiophene rings is 1. The van der Waals surface area contributed by atoms with E-state index in [4.69, 9.17) is 0 Å². The van der Waals surface area contributed by atoms with Crippen molar-refractivity contribution < 1.29 is 4.79 Å². The second kappa shape index (κ2) is 6.10. The summed E-state index contributed by atoms with van der Waals surface area (Å²) in [5.74, 6) is 0.805. The molecule has 0 aliphatic carbocycles. The summed E-state index contributed by atoms with van der Waals surface area (Å²) >= 11 is 3.28. The molecule has 0 aromatic carbocycles. The molecule has 0 bridgehead atoms. The maximum atomic E-state index is 11.8. The van der Waals surface area contributed by atoms with Gasteiger partial charge in [-0.2, -0.15) is 0 Å². The van der Waals surface area contributed by atoms with Gasteiger partial charge in [0.2, 0.25) is 5.91 Å². The Labute approximate surface area is 127 Å². The third kappa shape index (κ3) is 4.18. The van der Waals surface area contributed by atoms with Crippen molar-refractivity contribution in [3.63, 3.8) is 0 Å². The number of carbonyl (C=O) groups excluding carboxylic acids is 1. The van der Waals surface area contributed by atoms with Crippen LogP contribution in [0.5, 0.6) is 0 Å². The monoisotopic (exact) mass is 309 g/mol. The first-order chi connectivity index (χ1) is 9.35. The lowest BCUT2D eigenvalue weighted by Crippen LogP contribution is -2.40. The van der Waals surface area contributed by atoms with E-state index < -0.39 is 0 Å². The van der Waals surface area contributed by atoms with E-state index in [-0.39, 0.29) is 11.4 Å². The summed E-state index contributed by atoms with van der Waals surface area (Å²) in [6.07, 6.45) is 2.09. The molecule has 2 aromatic heterocycles. The van der Waals surface area contributed by atoms with E-state index in [0.29, 0.717) is 6.42 Å². The van der Waals surface area contributed by atoms with Crippen molar-refractivity contribution in [3.8, 4) is 0 Å². The lowest BCUT2D eigenvalue weighted by Gasteiger charge is -2.20. The van der Waals surface area contributed by atoms with Gasteiger partial charge in [-0.25, -0.2) is 9.97 Å². The second-order valence-electron chi connectivity index (χ2n) is 5.65. The van der Waals surface area contributed by atoms with Crippen molar-refractivity contribution in [3.05, 3.63) is 17.3 Å². The predicted molar refractivity (Wildman–Crippen MR) is 85.4 cm³/mol. The Morgan fingerprint density at radius 1 is 1.40 bits per heavy atom. The number of hydrogen-bond acceptors (Lipinski definition) is 5. The van der Waals surface area contributed by atoms with Crippen LogP contribution in [-0.4, -0.2) is 27.2 Å². The number of thioether (sulfide) groups is 1. The zero-order valence-electron chi connectivity index (χ0n) is 12.2. The summed E-state index contributed by atoms with van der Waals surface area (Å²) in [6, 6.07) is 2.11. The summed E-state index contributed by atoms with van der Waals surface area (Å²) in [5, 5.41) is 5.02. The highest BCUT2D eigenvalue weighted by molar-refractivity contribution is 7.99. The molecule has 1 N–H and O–H groups in total. The zero-order valence-corrected chi connectivity index (χ0v) is 13.8. The number of rotatable bonds is 4. The minimum atomic E-state index is -0.172. The molecule has 0 fully saturated rings. The van der Waals surface area contributed by atoms with Crippen LogP contribution < -0.4 is 5.32 Å². The number of nitrogens with one attached hydrogen (secondary N) is 1. The minimum absolute atomic E-state index is 0.0804. The van der Waals surface area contributed by atoms with E-state index >= 15 is 0 Å². The van der Waals surface area contributed by atoms with Crippen molar-refractivity contribution in [1.82, 2.24) is 15.3 Å². The van der Waals surface area contributed by atoms with Crippen LogP contribution >= 0.6 is 23.1 Å². The van der Waals surface area contributed by atoms with E-state index in [1.165, 1.54) is 4.88 Å². The summed E-state index contributed by atoms with van der Waals surface area (Å²) in [6.45, 7) is 8.03. The summed E-state index contributed by atoms with van der Waals surface area (Å²) in [7, 11) is 0. The van der Waals surface area contributed by atoms with Gasteiger partial charge >= 0.3 is 0 Å². The lowest BCUT2D eigenvalue weighted by atomic mass is 10.1. The average molecular weight is 309 g/mol. The third-order valence-electron chi connectivity index (χ3n) is 2.50. The Kier molecular flexibility index (Phi) is 4.65. The molecule has 0 unspecified atom stereocenters. The predicted octanol–water partition coefficient (Wildman–Crippen LogP) is 3.40. The van der Waals surface area contributed by atoms with Crippen LogP contribution in [0.2, 0.25) is 0 Å². The van der Waals surface area contributed by atoms with Crippen molar-refractivity contribution in [2.45, 2.75) is 44.7 Å². The number of fused-ring (bicyclic) bond motifs is 1. The van der Waals surface area contributed by atoms with Gasteiger partial charge in [-0.3, -0.25) is 4.79 Å². The molecular formula is C14H19N3OS2. The van der Waals surface area contributed by atoms with Gasteiger partial charge in [-0.1, -0.05) is 0 Å². The number of aryl methyl sites for hydroxylation is 1. The van der Waals surface area contributed by atoms with Crippen LogP contribution in [0.3, 0.4) is 0 Å². The summed E-state index contributed by atoms with van der Waals surface area (Å²) in [5.41, 5.74) is -0.172. The minimum Gasteiger partial charge on any atom is -0.351 e. The molecule has 108 valence electrons. The maximum absolute atomic E-state index is 11.8. The molecule has 6 heteroatoms. The van der Waals surface area contributed by atoms with E-state index in [2.05, 4.69) is 28.3 Å². The van der Waals surface area contributed by atoms with Crippen LogP contribution in [0, 0.1) is 6.92 Å². The SMILES string of the molecule is Cc1cc2c(SCCC(=O)NC(C)(C)C)ncnc2s1. The maximum Gasteiger partial charge on any atom is 0.221 e. The highest BCUT2D eigenvalue weighted by Gasteiger charge is 2.14. The fourth-order valence-electron chi connectivity index (χ4n) is 1.79. The van der Waals surface area contributed by atoms with E-state index in [9.17, 15) is 4.79 Å². The Balaban J connectivity index is 1.95. The highest BCUT2D eigenvalue weighted by atomic mass is 32.2. The molecule has 4 nitrogen and oxygen atoms in total. The number of nitrogens with zero attached hydrogens (tertiary/aromatic N) is 2. The Morgan fingerprint density at radius 2 is 2.15 bits per heavy atom. The van der Waals surface area contributed by atoms with Gasteiger partial charge in [-0.15, -0.1) is 23.1 Å². The van der Waals surface area contributed by atoms with Crippen molar-refractivity contribution >= 4 is 39.2 Å². The smallest absolute Gasteiger partial charge is 0.221 e. The first-order valence-electron chi connectivity index (χ1n) is 6.50. The van der Waals surface area contributed by atoms with Crippen LogP contribution in [0.15, 0.2) is 17.4 Å². The molecule has 0 saturated carbocycles. The zero-order chi connectivity index (χ0) is 14.8. The Bertz CT molecular complexity index is 616. The lowest BCUT2D eigenvalue weighted by molar-refractivity contribution is -0.122. The molecule has 0 spiro atoms. The van der Waals surface area contributed by atoms with Crippen molar-refractivity contribution in [1.29, 1.82) is 0 Å². The third-order valence-corrected chi connectivity index (χ3v) is 4.46. The van der Waals surface area contributed by atoms with Crippen LogP contribution in [0.1, 0.15) is 32.1 Å². The van der Waals surface area contributed by atoms with Gasteiger partial charge in [0.15, 0.2) is 0 Å². The van der Waals surface area contributed by atoms with Gasteiger partial charge in [0.25, 0.3) is 0 Å². The number of carbonyl (C=O) groups is 1. The Morgan fingerprint density at radius 3 is 2.85 bits per heavy atom. The fraction of sp³-hybridized carbons (Fsp3) is 0.500. The van der Waals surface area contributed by atoms with E-state index in [1.54, 1.807) is 29.4 Å². The standard InChI is InChI=1S/C14H19N3OS2/c1-9-7-10-12(15-8-16-13(10)20-9)19-6-5-11(18)17-14(2,3)4/h7-8H,5-6H2,1-4H3,(H,17,18). The molecular weight excluding hydrogens is 290 g/mol. The molecule has 0 atom stereocenters. The van der Waals surface area contributed by atoms with Crippen LogP contribution in [0.4, 0.5) is 0 Å². The van der Waals surface area contributed by atoms with E-state index in [1.807, 2.05) is 20.8 Å². The molecule has 0 aliphatic heterocycles. The first-order valence-corrected chi connectivity index (χ1v) is 8.30. The molecule has 0 aliphatic rings. The first kappa shape index (κ1) is 15.3. The molecule has 2 rings (SSSR count). The topological polar surface area (TPSA) is 54.9 Å². The summed E-state index contributed by atoms with van der Waals surface area (Å²) < 4.78 is 0. The molecule has 0 radical (unpaired) electrons. The van der Waals surface area contributed by atoms with Gasteiger partial charge in [0.1, 0.15) is 16.2 Å². The molecule has 1 amide bonds. The van der Waals surface area contributed by atoms with Gasteiger partial charge in [0.05, 0.1) is 0 Å². The largest absolute Gasteiger partial charge is 0.351 e. The van der Waals surface area contributed by atoms with Gasteiger partial charge in [0, 0.05) is 28.0 Å².